The van der Waals surface area contributed by atoms with E-state index in [0.29, 0.717) is 34.4 Å². The number of fused-ring (bicyclic) bond motifs is 2. The van der Waals surface area contributed by atoms with Crippen molar-refractivity contribution in [3.63, 3.8) is 0 Å². The molecule has 0 aliphatic carbocycles. The first-order valence-electron chi connectivity index (χ1n) is 10.2. The summed E-state index contributed by atoms with van der Waals surface area (Å²) in [5.41, 5.74) is 1.47. The highest BCUT2D eigenvalue weighted by atomic mass is 79.9. The number of hydrogen-bond donors (Lipinski definition) is 2. The fraction of sp³-hybridized carbons (Fsp3) is 0.400. The van der Waals surface area contributed by atoms with E-state index in [1.807, 2.05) is 21.6 Å². The molecular weight excluding hydrogens is 498 g/mol. The summed E-state index contributed by atoms with van der Waals surface area (Å²) in [4.78, 5) is 28.9. The van der Waals surface area contributed by atoms with Crippen LogP contribution in [0.5, 0.6) is 11.5 Å². The number of rotatable bonds is 5. The summed E-state index contributed by atoms with van der Waals surface area (Å²) in [5, 5.41) is 8.86. The summed E-state index contributed by atoms with van der Waals surface area (Å²) in [5.74, 6) is 1.55. The SMILES string of the molecule is CC(=O)N1CCN(CCn2cnc(=N)c3[nH]c(Sc4cc5c(cc4Br)OCO5)nc32)CC1. The molecule has 0 bridgehead atoms. The van der Waals surface area contributed by atoms with Crippen molar-refractivity contribution < 1.29 is 14.3 Å². The first kappa shape index (κ1) is 21.3. The zero-order chi connectivity index (χ0) is 22.2. The number of carbonyl (C=O) groups is 1. The molecule has 12 heteroatoms. The normalized spacial score (nSPS) is 16.1. The van der Waals surface area contributed by atoms with Gasteiger partial charge < -0.3 is 23.9 Å². The van der Waals surface area contributed by atoms with Gasteiger partial charge in [0.15, 0.2) is 27.8 Å². The van der Waals surface area contributed by atoms with Crippen LogP contribution < -0.4 is 15.0 Å². The summed E-state index contributed by atoms with van der Waals surface area (Å²) < 4.78 is 13.8. The number of amides is 1. The Bertz CT molecular complexity index is 1240. The van der Waals surface area contributed by atoms with Crippen molar-refractivity contribution in [1.82, 2.24) is 29.3 Å². The number of nitrogens with one attached hydrogen (secondary N) is 2. The van der Waals surface area contributed by atoms with Gasteiger partial charge in [-0.2, -0.15) is 0 Å². The number of carbonyl (C=O) groups excluding carboxylic acids is 1. The third-order valence-electron chi connectivity index (χ3n) is 5.61. The lowest BCUT2D eigenvalue weighted by Crippen LogP contribution is -2.48. The number of nitrogens with zero attached hydrogens (tertiary/aromatic N) is 5. The smallest absolute Gasteiger partial charge is 0.231 e. The number of H-pyrrole nitrogens is 1. The Morgan fingerprint density at radius 3 is 2.72 bits per heavy atom. The Morgan fingerprint density at radius 2 is 1.97 bits per heavy atom. The summed E-state index contributed by atoms with van der Waals surface area (Å²) >= 11 is 5.03. The molecule has 2 aliphatic heterocycles. The van der Waals surface area contributed by atoms with Gasteiger partial charge in [-0.05, 0) is 28.1 Å². The van der Waals surface area contributed by atoms with Gasteiger partial charge in [-0.25, -0.2) is 9.97 Å². The molecule has 32 heavy (non-hydrogen) atoms. The van der Waals surface area contributed by atoms with E-state index in [1.165, 1.54) is 11.8 Å². The zero-order valence-corrected chi connectivity index (χ0v) is 19.8. The van der Waals surface area contributed by atoms with Crippen molar-refractivity contribution in [2.45, 2.75) is 23.5 Å². The predicted octanol–water partition coefficient (Wildman–Crippen LogP) is 2.05. The van der Waals surface area contributed by atoms with Crippen LogP contribution in [-0.4, -0.2) is 74.7 Å². The van der Waals surface area contributed by atoms with Gasteiger partial charge in [-0.15, -0.1) is 0 Å². The highest BCUT2D eigenvalue weighted by Crippen LogP contribution is 2.42. The van der Waals surface area contributed by atoms with E-state index in [4.69, 9.17) is 19.9 Å². The molecule has 2 aliphatic rings. The summed E-state index contributed by atoms with van der Waals surface area (Å²) in [6, 6.07) is 3.80. The Balaban J connectivity index is 1.33. The second kappa shape index (κ2) is 8.75. The first-order valence-corrected chi connectivity index (χ1v) is 11.8. The maximum absolute atomic E-state index is 11.5. The number of halogens is 1. The number of benzene rings is 1. The Morgan fingerprint density at radius 1 is 1.22 bits per heavy atom. The maximum Gasteiger partial charge on any atom is 0.231 e. The number of aromatic nitrogens is 4. The van der Waals surface area contributed by atoms with Crippen LogP contribution in [0.4, 0.5) is 0 Å². The minimum atomic E-state index is 0.131. The molecule has 0 radical (unpaired) electrons. The first-order chi connectivity index (χ1) is 15.5. The molecule has 10 nitrogen and oxygen atoms in total. The van der Waals surface area contributed by atoms with Crippen molar-refractivity contribution >= 4 is 44.8 Å². The summed E-state index contributed by atoms with van der Waals surface area (Å²) in [6.45, 7) is 6.59. The molecule has 5 rings (SSSR count). The van der Waals surface area contributed by atoms with Crippen LogP contribution in [-0.2, 0) is 11.3 Å². The molecular formula is C20H22BrN7O3S. The number of imidazole rings is 1. The van der Waals surface area contributed by atoms with Gasteiger partial charge in [0.25, 0.3) is 0 Å². The van der Waals surface area contributed by atoms with Gasteiger partial charge in [0.1, 0.15) is 5.52 Å². The van der Waals surface area contributed by atoms with Crippen molar-refractivity contribution in [3.05, 3.63) is 28.4 Å². The van der Waals surface area contributed by atoms with E-state index >= 15 is 0 Å². The van der Waals surface area contributed by atoms with Crippen molar-refractivity contribution in [2.24, 2.45) is 0 Å². The second-order valence-corrected chi connectivity index (χ2v) is 9.50. The minimum absolute atomic E-state index is 0.131. The Kier molecular flexibility index (Phi) is 5.82. The predicted molar refractivity (Wildman–Crippen MR) is 121 cm³/mol. The van der Waals surface area contributed by atoms with Gasteiger partial charge in [0.2, 0.25) is 12.7 Å². The average molecular weight is 520 g/mol. The van der Waals surface area contributed by atoms with E-state index in [2.05, 4.69) is 30.8 Å². The van der Waals surface area contributed by atoms with E-state index in [1.54, 1.807) is 13.3 Å². The molecule has 0 saturated carbocycles. The van der Waals surface area contributed by atoms with Crippen LogP contribution in [0.1, 0.15) is 6.92 Å². The monoisotopic (exact) mass is 519 g/mol. The minimum Gasteiger partial charge on any atom is -0.454 e. The summed E-state index contributed by atoms with van der Waals surface area (Å²) in [7, 11) is 0. The largest absolute Gasteiger partial charge is 0.454 e. The van der Waals surface area contributed by atoms with Crippen LogP contribution in [0.2, 0.25) is 0 Å². The quantitative estimate of drug-likeness (QED) is 0.530. The number of piperazine rings is 1. The fourth-order valence-electron chi connectivity index (χ4n) is 3.79. The molecule has 1 aromatic carbocycles. The molecule has 2 N–H and O–H groups in total. The molecule has 4 heterocycles. The van der Waals surface area contributed by atoms with Gasteiger partial charge in [-0.1, -0.05) is 11.8 Å². The number of aromatic amines is 1. The van der Waals surface area contributed by atoms with Gasteiger partial charge in [0, 0.05) is 55.6 Å². The van der Waals surface area contributed by atoms with Crippen LogP contribution in [0, 0.1) is 5.41 Å². The highest BCUT2D eigenvalue weighted by Gasteiger charge is 2.20. The fourth-order valence-corrected chi connectivity index (χ4v) is 5.17. The summed E-state index contributed by atoms with van der Waals surface area (Å²) in [6.07, 6.45) is 1.67. The molecule has 0 unspecified atom stereocenters. The molecule has 1 amide bonds. The molecule has 168 valence electrons. The van der Waals surface area contributed by atoms with E-state index in [-0.39, 0.29) is 18.2 Å². The van der Waals surface area contributed by atoms with E-state index in [9.17, 15) is 4.79 Å². The van der Waals surface area contributed by atoms with Gasteiger partial charge in [0.05, 0.1) is 6.33 Å². The van der Waals surface area contributed by atoms with Gasteiger partial charge >= 0.3 is 0 Å². The third-order valence-corrected chi connectivity index (χ3v) is 7.47. The lowest BCUT2D eigenvalue weighted by Gasteiger charge is -2.34. The molecule has 1 fully saturated rings. The highest BCUT2D eigenvalue weighted by molar-refractivity contribution is 9.10. The van der Waals surface area contributed by atoms with E-state index < -0.39 is 0 Å². The topological polar surface area (TPSA) is 112 Å². The molecule has 0 atom stereocenters. The number of hydrogen-bond acceptors (Lipinski definition) is 8. The third kappa shape index (κ3) is 4.21. The maximum atomic E-state index is 11.5. The van der Waals surface area contributed by atoms with Crippen molar-refractivity contribution in [2.75, 3.05) is 39.5 Å². The lowest BCUT2D eigenvalue weighted by molar-refractivity contribution is -0.130. The average Bonchev–Trinajstić information content (AvgIpc) is 3.41. The van der Waals surface area contributed by atoms with Crippen molar-refractivity contribution in [3.8, 4) is 11.5 Å². The molecule has 3 aromatic rings. The Labute approximate surface area is 196 Å². The van der Waals surface area contributed by atoms with Crippen molar-refractivity contribution in [1.29, 1.82) is 5.41 Å². The molecule has 1 saturated heterocycles. The molecule has 2 aromatic heterocycles. The number of ether oxygens (including phenoxy) is 2. The van der Waals surface area contributed by atoms with Gasteiger partial charge in [-0.3, -0.25) is 15.1 Å². The van der Waals surface area contributed by atoms with E-state index in [0.717, 1.165) is 42.1 Å². The van der Waals surface area contributed by atoms with Crippen LogP contribution in [0.25, 0.3) is 11.2 Å². The zero-order valence-electron chi connectivity index (χ0n) is 17.4. The lowest BCUT2D eigenvalue weighted by atomic mass is 10.3. The molecule has 0 spiro atoms. The second-order valence-electron chi connectivity index (χ2n) is 7.61. The van der Waals surface area contributed by atoms with Crippen LogP contribution >= 0.6 is 27.7 Å². The Hall–Kier alpha value is -2.57. The van der Waals surface area contributed by atoms with Crippen LogP contribution in [0.15, 0.2) is 33.0 Å². The standard InChI is InChI=1S/C20H22BrN7O3S/c1-12(29)27-5-2-26(3-6-27)4-7-28-10-23-18(22)17-19(28)25-20(24-17)32-16-9-15-14(8-13(16)21)30-11-31-15/h8-10,22H,2-7,11H2,1H3,(H,24,25). The van der Waals surface area contributed by atoms with Crippen LogP contribution in [0.3, 0.4) is 0 Å².